The van der Waals surface area contributed by atoms with Crippen LogP contribution in [0.4, 0.5) is 4.79 Å². The van der Waals surface area contributed by atoms with Crippen molar-refractivity contribution < 1.29 is 24.2 Å². The van der Waals surface area contributed by atoms with Gasteiger partial charge in [0.25, 0.3) is 0 Å². The van der Waals surface area contributed by atoms with Crippen LogP contribution in [0.2, 0.25) is 0 Å². The minimum absolute atomic E-state index is 0.172. The van der Waals surface area contributed by atoms with E-state index < -0.39 is 23.7 Å². The summed E-state index contributed by atoms with van der Waals surface area (Å²) in [6, 6.07) is 4.58. The highest BCUT2D eigenvalue weighted by atomic mass is 16.6. The quantitative estimate of drug-likeness (QED) is 0.890. The van der Waals surface area contributed by atoms with Crippen molar-refractivity contribution in [1.82, 2.24) is 5.32 Å². The van der Waals surface area contributed by atoms with Crippen molar-refractivity contribution in [3.63, 3.8) is 0 Å². The molecule has 0 radical (unpaired) electrons. The molecule has 1 unspecified atom stereocenters. The fourth-order valence-electron chi connectivity index (χ4n) is 2.22. The molecular weight excluding hydrogens is 286 g/mol. The molecule has 1 aliphatic rings. The van der Waals surface area contributed by atoms with Gasteiger partial charge in [-0.15, -0.1) is 0 Å². The van der Waals surface area contributed by atoms with Crippen molar-refractivity contribution in [2.45, 2.75) is 45.3 Å². The second-order valence-electron chi connectivity index (χ2n) is 6.28. The Hall–Kier alpha value is -2.24. The smallest absolute Gasteiger partial charge is 0.408 e. The molecule has 0 saturated heterocycles. The number of ether oxygens (including phenoxy) is 2. The largest absolute Gasteiger partial charge is 0.493 e. The zero-order valence-corrected chi connectivity index (χ0v) is 13.0. The summed E-state index contributed by atoms with van der Waals surface area (Å²) in [5, 5.41) is 11.7. The summed E-state index contributed by atoms with van der Waals surface area (Å²) in [5.41, 5.74) is 1.24. The van der Waals surface area contributed by atoms with E-state index in [9.17, 15) is 14.7 Å². The molecule has 0 fully saturated rings. The van der Waals surface area contributed by atoms with E-state index in [1.165, 1.54) is 0 Å². The van der Waals surface area contributed by atoms with E-state index in [-0.39, 0.29) is 6.42 Å². The number of amides is 1. The van der Waals surface area contributed by atoms with Gasteiger partial charge in [0.05, 0.1) is 6.61 Å². The predicted molar refractivity (Wildman–Crippen MR) is 80.1 cm³/mol. The van der Waals surface area contributed by atoms with E-state index >= 15 is 0 Å². The lowest BCUT2D eigenvalue weighted by Gasteiger charge is -2.22. The standard InChI is InChI=1S/C16H21NO5/c1-16(2,3)22-15(20)17-12(14(18)19)8-10-4-5-11-6-7-21-13(11)9-10/h4-5,9,12H,6-8H2,1-3H3,(H,17,20)(H,18,19). The van der Waals surface area contributed by atoms with E-state index in [1.54, 1.807) is 20.8 Å². The van der Waals surface area contributed by atoms with Crippen LogP contribution >= 0.6 is 0 Å². The molecule has 1 aromatic rings. The van der Waals surface area contributed by atoms with Gasteiger partial charge in [-0.2, -0.15) is 0 Å². The van der Waals surface area contributed by atoms with Gasteiger partial charge < -0.3 is 19.9 Å². The Labute approximate surface area is 129 Å². The summed E-state index contributed by atoms with van der Waals surface area (Å²) in [6.07, 6.45) is 0.302. The minimum atomic E-state index is -1.10. The number of carbonyl (C=O) groups is 2. The van der Waals surface area contributed by atoms with Gasteiger partial charge in [-0.3, -0.25) is 0 Å². The third-order valence-corrected chi connectivity index (χ3v) is 3.19. The SMILES string of the molecule is CC(C)(C)OC(=O)NC(Cc1ccc2c(c1)OCC2)C(=O)O. The number of aliphatic carboxylic acids is 1. The Balaban J connectivity index is 2.03. The molecule has 0 aromatic heterocycles. The Bertz CT molecular complexity index is 576. The average Bonchev–Trinajstić information content (AvgIpc) is 2.82. The zero-order valence-electron chi connectivity index (χ0n) is 13.0. The molecule has 22 heavy (non-hydrogen) atoms. The summed E-state index contributed by atoms with van der Waals surface area (Å²) in [4.78, 5) is 23.1. The van der Waals surface area contributed by atoms with Gasteiger partial charge in [-0.05, 0) is 38.0 Å². The molecule has 120 valence electrons. The van der Waals surface area contributed by atoms with Crippen molar-refractivity contribution in [1.29, 1.82) is 0 Å². The number of carboxylic acid groups (broad SMARTS) is 1. The van der Waals surface area contributed by atoms with E-state index in [1.807, 2.05) is 18.2 Å². The van der Waals surface area contributed by atoms with E-state index in [4.69, 9.17) is 9.47 Å². The van der Waals surface area contributed by atoms with Crippen molar-refractivity contribution in [3.8, 4) is 5.75 Å². The number of nitrogens with one attached hydrogen (secondary N) is 1. The predicted octanol–water partition coefficient (Wildman–Crippen LogP) is 2.14. The van der Waals surface area contributed by atoms with Crippen LogP contribution in [0.1, 0.15) is 31.9 Å². The number of alkyl carbamates (subject to hydrolysis) is 1. The first-order chi connectivity index (χ1) is 10.2. The summed E-state index contributed by atoms with van der Waals surface area (Å²) in [7, 11) is 0. The van der Waals surface area contributed by atoms with E-state index in [0.29, 0.717) is 6.61 Å². The Kier molecular flexibility index (Phi) is 4.59. The molecule has 2 rings (SSSR count). The lowest BCUT2D eigenvalue weighted by Crippen LogP contribution is -2.44. The van der Waals surface area contributed by atoms with Crippen LogP contribution in [-0.2, 0) is 22.4 Å². The van der Waals surface area contributed by atoms with Crippen LogP contribution in [-0.4, -0.2) is 35.4 Å². The highest BCUT2D eigenvalue weighted by Crippen LogP contribution is 2.26. The third kappa shape index (κ3) is 4.38. The fourth-order valence-corrected chi connectivity index (χ4v) is 2.22. The molecule has 1 aromatic carbocycles. The Morgan fingerprint density at radius 2 is 2.14 bits per heavy atom. The molecule has 0 spiro atoms. The van der Waals surface area contributed by atoms with Crippen LogP contribution in [0.3, 0.4) is 0 Å². The highest BCUT2D eigenvalue weighted by molar-refractivity contribution is 5.80. The van der Waals surface area contributed by atoms with Crippen molar-refractivity contribution >= 4 is 12.1 Å². The van der Waals surface area contributed by atoms with Gasteiger partial charge in [0.2, 0.25) is 0 Å². The molecular formula is C16H21NO5. The van der Waals surface area contributed by atoms with Crippen LogP contribution < -0.4 is 10.1 Å². The molecule has 1 heterocycles. The molecule has 1 atom stereocenters. The second kappa shape index (κ2) is 6.25. The average molecular weight is 307 g/mol. The van der Waals surface area contributed by atoms with Crippen LogP contribution in [0.5, 0.6) is 5.75 Å². The van der Waals surface area contributed by atoms with Crippen LogP contribution in [0.25, 0.3) is 0 Å². The molecule has 1 amide bonds. The maximum absolute atomic E-state index is 11.7. The maximum atomic E-state index is 11.7. The fraction of sp³-hybridized carbons (Fsp3) is 0.500. The van der Waals surface area contributed by atoms with Crippen LogP contribution in [0.15, 0.2) is 18.2 Å². The molecule has 6 nitrogen and oxygen atoms in total. The lowest BCUT2D eigenvalue weighted by atomic mass is 10.0. The van der Waals surface area contributed by atoms with Crippen molar-refractivity contribution in [3.05, 3.63) is 29.3 Å². The number of carboxylic acids is 1. The topological polar surface area (TPSA) is 84.9 Å². The van der Waals surface area contributed by atoms with E-state index in [2.05, 4.69) is 5.32 Å². The second-order valence-corrected chi connectivity index (χ2v) is 6.28. The first-order valence-corrected chi connectivity index (χ1v) is 7.21. The van der Waals surface area contributed by atoms with Crippen LogP contribution in [0, 0.1) is 0 Å². The molecule has 0 aliphatic carbocycles. The van der Waals surface area contributed by atoms with Crippen molar-refractivity contribution in [2.24, 2.45) is 0 Å². The summed E-state index contributed by atoms with van der Waals surface area (Å²) in [5.74, 6) is -0.314. The summed E-state index contributed by atoms with van der Waals surface area (Å²) in [6.45, 7) is 5.82. The Morgan fingerprint density at radius 3 is 2.77 bits per heavy atom. The summed E-state index contributed by atoms with van der Waals surface area (Å²) >= 11 is 0. The maximum Gasteiger partial charge on any atom is 0.408 e. The van der Waals surface area contributed by atoms with Crippen molar-refractivity contribution in [2.75, 3.05) is 6.61 Å². The van der Waals surface area contributed by atoms with Gasteiger partial charge >= 0.3 is 12.1 Å². The number of fused-ring (bicyclic) bond motifs is 1. The first kappa shape index (κ1) is 16.1. The molecule has 0 bridgehead atoms. The monoisotopic (exact) mass is 307 g/mol. The van der Waals surface area contributed by atoms with E-state index in [0.717, 1.165) is 23.3 Å². The van der Waals surface area contributed by atoms with Gasteiger partial charge in [0.15, 0.2) is 0 Å². The number of hydrogen-bond acceptors (Lipinski definition) is 4. The molecule has 0 saturated carbocycles. The normalized spacial score (nSPS) is 14.7. The third-order valence-electron chi connectivity index (χ3n) is 3.19. The molecule has 2 N–H and O–H groups in total. The summed E-state index contributed by atoms with van der Waals surface area (Å²) < 4.78 is 10.6. The number of carbonyl (C=O) groups excluding carboxylic acids is 1. The zero-order chi connectivity index (χ0) is 16.3. The lowest BCUT2D eigenvalue weighted by molar-refractivity contribution is -0.139. The first-order valence-electron chi connectivity index (χ1n) is 7.21. The van der Waals surface area contributed by atoms with Gasteiger partial charge in [-0.25, -0.2) is 9.59 Å². The Morgan fingerprint density at radius 1 is 1.41 bits per heavy atom. The van der Waals surface area contributed by atoms with Gasteiger partial charge in [0, 0.05) is 12.8 Å². The number of rotatable bonds is 4. The highest BCUT2D eigenvalue weighted by Gasteiger charge is 2.24. The minimum Gasteiger partial charge on any atom is -0.493 e. The van der Waals surface area contributed by atoms with Gasteiger partial charge in [-0.1, -0.05) is 12.1 Å². The van der Waals surface area contributed by atoms with Gasteiger partial charge in [0.1, 0.15) is 17.4 Å². The molecule has 1 aliphatic heterocycles. The molecule has 6 heteroatoms. The number of hydrogen-bond donors (Lipinski definition) is 2. The number of benzene rings is 1.